The maximum atomic E-state index is 6.02. The molecule has 1 aromatic carbocycles. The van der Waals surface area contributed by atoms with E-state index in [9.17, 15) is 0 Å². The van der Waals surface area contributed by atoms with Gasteiger partial charge >= 0.3 is 0 Å². The Morgan fingerprint density at radius 3 is 2.57 bits per heavy atom. The van der Waals surface area contributed by atoms with Crippen molar-refractivity contribution < 1.29 is 4.74 Å². The minimum atomic E-state index is 0.519. The quantitative estimate of drug-likeness (QED) is 0.784. The Kier molecular flexibility index (Phi) is 3.05. The van der Waals surface area contributed by atoms with E-state index in [-0.39, 0.29) is 0 Å². The van der Waals surface area contributed by atoms with Crippen LogP contribution in [0.4, 0.5) is 5.82 Å². The fourth-order valence-electron chi connectivity index (χ4n) is 2.73. The van der Waals surface area contributed by atoms with Crippen molar-refractivity contribution in [2.75, 3.05) is 12.8 Å². The summed E-state index contributed by atoms with van der Waals surface area (Å²) in [4.78, 5) is 8.52. The monoisotopic (exact) mass is 282 g/mol. The van der Waals surface area contributed by atoms with Gasteiger partial charge in [-0.15, -0.1) is 0 Å². The smallest absolute Gasteiger partial charge is 0.150 e. The third kappa shape index (κ3) is 1.93. The number of rotatable bonds is 2. The fraction of sp³-hybridized carbons (Fsp3) is 0.250. The van der Waals surface area contributed by atoms with E-state index in [2.05, 4.69) is 28.4 Å². The number of hydrogen-bond acceptors (Lipinski definition) is 4. The first kappa shape index (κ1) is 13.4. The first-order chi connectivity index (χ1) is 10.0. The number of nitrogens with two attached hydrogens (primary N) is 1. The second kappa shape index (κ2) is 4.77. The zero-order chi connectivity index (χ0) is 15.1. The number of anilines is 1. The Morgan fingerprint density at radius 2 is 1.90 bits per heavy atom. The number of nitrogens with zero attached hydrogens (tertiary/aromatic N) is 3. The summed E-state index contributed by atoms with van der Waals surface area (Å²) in [7, 11) is 1.67. The molecule has 2 aromatic heterocycles. The van der Waals surface area contributed by atoms with Gasteiger partial charge in [-0.1, -0.05) is 0 Å². The van der Waals surface area contributed by atoms with Crippen LogP contribution in [-0.2, 0) is 0 Å². The van der Waals surface area contributed by atoms with Gasteiger partial charge in [-0.05, 0) is 50.1 Å². The highest BCUT2D eigenvalue weighted by Crippen LogP contribution is 2.31. The fourth-order valence-corrected chi connectivity index (χ4v) is 2.73. The SMILES string of the molecule is COc1ccc(-n2c(C)c(C)c3c(N)ncnc32)c(C)c1. The third-order valence-corrected chi connectivity index (χ3v) is 3.97. The summed E-state index contributed by atoms with van der Waals surface area (Å²) in [5.74, 6) is 1.36. The van der Waals surface area contributed by atoms with Gasteiger partial charge in [0.1, 0.15) is 17.9 Å². The second-order valence-corrected chi connectivity index (χ2v) is 5.16. The van der Waals surface area contributed by atoms with Crippen molar-refractivity contribution in [2.24, 2.45) is 0 Å². The summed E-state index contributed by atoms with van der Waals surface area (Å²) in [6.07, 6.45) is 1.51. The molecule has 5 nitrogen and oxygen atoms in total. The lowest BCUT2D eigenvalue weighted by molar-refractivity contribution is 0.414. The Labute approximate surface area is 123 Å². The summed E-state index contributed by atoms with van der Waals surface area (Å²) in [5.41, 5.74) is 11.3. The summed E-state index contributed by atoms with van der Waals surface area (Å²) in [5, 5.41) is 0.921. The molecule has 0 aliphatic heterocycles. The second-order valence-electron chi connectivity index (χ2n) is 5.16. The molecule has 0 aliphatic rings. The average molecular weight is 282 g/mol. The van der Waals surface area contributed by atoms with Gasteiger partial charge in [0, 0.05) is 5.69 Å². The predicted molar refractivity (Wildman–Crippen MR) is 84.0 cm³/mol. The number of methoxy groups -OCH3 is 1. The standard InChI is InChI=1S/C16H18N4O/c1-9-7-12(21-4)5-6-13(9)20-11(3)10(2)14-15(17)18-8-19-16(14)20/h5-8H,1-4H3,(H2,17,18,19). The molecule has 108 valence electrons. The summed E-state index contributed by atoms with van der Waals surface area (Å²) in [6.45, 7) is 6.18. The first-order valence-electron chi connectivity index (χ1n) is 6.77. The van der Waals surface area contributed by atoms with Crippen molar-refractivity contribution >= 4 is 16.9 Å². The van der Waals surface area contributed by atoms with Crippen molar-refractivity contribution in [3.05, 3.63) is 41.3 Å². The van der Waals surface area contributed by atoms with Gasteiger partial charge in [-0.2, -0.15) is 0 Å². The van der Waals surface area contributed by atoms with E-state index in [1.54, 1.807) is 7.11 Å². The molecule has 0 radical (unpaired) electrons. The maximum Gasteiger partial charge on any atom is 0.150 e. The minimum Gasteiger partial charge on any atom is -0.497 e. The van der Waals surface area contributed by atoms with E-state index < -0.39 is 0 Å². The molecule has 21 heavy (non-hydrogen) atoms. The van der Waals surface area contributed by atoms with Crippen LogP contribution in [0.5, 0.6) is 5.75 Å². The van der Waals surface area contributed by atoms with Crippen LogP contribution in [0.1, 0.15) is 16.8 Å². The molecule has 0 fully saturated rings. The zero-order valence-corrected chi connectivity index (χ0v) is 12.6. The van der Waals surface area contributed by atoms with Gasteiger partial charge in [0.25, 0.3) is 0 Å². The van der Waals surface area contributed by atoms with Crippen LogP contribution in [0, 0.1) is 20.8 Å². The van der Waals surface area contributed by atoms with Crippen molar-refractivity contribution in [1.29, 1.82) is 0 Å². The molecule has 0 saturated heterocycles. The zero-order valence-electron chi connectivity index (χ0n) is 12.6. The molecule has 2 N–H and O–H groups in total. The average Bonchev–Trinajstić information content (AvgIpc) is 2.72. The highest BCUT2D eigenvalue weighted by atomic mass is 16.5. The number of aromatic nitrogens is 3. The molecule has 0 unspecified atom stereocenters. The van der Waals surface area contributed by atoms with E-state index in [1.165, 1.54) is 6.33 Å². The van der Waals surface area contributed by atoms with Crippen molar-refractivity contribution in [3.8, 4) is 11.4 Å². The number of ether oxygens (including phenoxy) is 1. The van der Waals surface area contributed by atoms with Gasteiger partial charge in [-0.25, -0.2) is 9.97 Å². The number of benzene rings is 1. The van der Waals surface area contributed by atoms with Gasteiger partial charge in [0.2, 0.25) is 0 Å². The van der Waals surface area contributed by atoms with Crippen molar-refractivity contribution in [1.82, 2.24) is 14.5 Å². The van der Waals surface area contributed by atoms with Crippen LogP contribution in [0.15, 0.2) is 24.5 Å². The van der Waals surface area contributed by atoms with Gasteiger partial charge in [0.15, 0.2) is 5.65 Å². The highest BCUT2D eigenvalue weighted by molar-refractivity contribution is 5.92. The molecule has 0 atom stereocenters. The lowest BCUT2D eigenvalue weighted by Gasteiger charge is -2.12. The Balaban J connectivity index is 2.36. The number of fused-ring (bicyclic) bond motifs is 1. The van der Waals surface area contributed by atoms with Crippen LogP contribution in [0.25, 0.3) is 16.7 Å². The lowest BCUT2D eigenvalue weighted by Crippen LogP contribution is -2.01. The normalized spacial score (nSPS) is 11.0. The van der Waals surface area contributed by atoms with Crippen LogP contribution in [0.3, 0.4) is 0 Å². The van der Waals surface area contributed by atoms with Gasteiger partial charge in [0.05, 0.1) is 18.2 Å². The predicted octanol–water partition coefficient (Wildman–Crippen LogP) is 2.94. The number of nitrogen functional groups attached to an aromatic ring is 1. The molecular formula is C16H18N4O. The Hall–Kier alpha value is -2.56. The molecular weight excluding hydrogens is 264 g/mol. The van der Waals surface area contributed by atoms with E-state index in [0.717, 1.165) is 39.3 Å². The molecule has 5 heteroatoms. The lowest BCUT2D eigenvalue weighted by atomic mass is 10.2. The molecule has 3 rings (SSSR count). The molecule has 0 bridgehead atoms. The van der Waals surface area contributed by atoms with E-state index >= 15 is 0 Å². The molecule has 0 aliphatic carbocycles. The van der Waals surface area contributed by atoms with E-state index in [4.69, 9.17) is 10.5 Å². The third-order valence-electron chi connectivity index (χ3n) is 3.97. The topological polar surface area (TPSA) is 66.0 Å². The minimum absolute atomic E-state index is 0.519. The summed E-state index contributed by atoms with van der Waals surface area (Å²) in [6, 6.07) is 6.01. The Morgan fingerprint density at radius 1 is 1.14 bits per heavy atom. The van der Waals surface area contributed by atoms with Crippen LogP contribution >= 0.6 is 0 Å². The van der Waals surface area contributed by atoms with E-state index in [1.807, 2.05) is 25.1 Å². The summed E-state index contributed by atoms with van der Waals surface area (Å²) >= 11 is 0. The van der Waals surface area contributed by atoms with Crippen LogP contribution in [-0.4, -0.2) is 21.6 Å². The Bertz CT molecular complexity index is 836. The maximum absolute atomic E-state index is 6.02. The summed E-state index contributed by atoms with van der Waals surface area (Å²) < 4.78 is 7.40. The van der Waals surface area contributed by atoms with Gasteiger partial charge < -0.3 is 10.5 Å². The van der Waals surface area contributed by atoms with Crippen LogP contribution in [0.2, 0.25) is 0 Å². The van der Waals surface area contributed by atoms with Crippen molar-refractivity contribution in [2.45, 2.75) is 20.8 Å². The van der Waals surface area contributed by atoms with Crippen molar-refractivity contribution in [3.63, 3.8) is 0 Å². The first-order valence-corrected chi connectivity index (χ1v) is 6.77. The van der Waals surface area contributed by atoms with E-state index in [0.29, 0.717) is 5.82 Å². The van der Waals surface area contributed by atoms with Gasteiger partial charge in [-0.3, -0.25) is 4.57 Å². The largest absolute Gasteiger partial charge is 0.497 e. The molecule has 2 heterocycles. The number of aryl methyl sites for hydroxylation is 2. The molecule has 3 aromatic rings. The van der Waals surface area contributed by atoms with Crippen LogP contribution < -0.4 is 10.5 Å². The molecule has 0 saturated carbocycles. The number of hydrogen-bond donors (Lipinski definition) is 1. The molecule has 0 amide bonds. The highest BCUT2D eigenvalue weighted by Gasteiger charge is 2.17. The molecule has 0 spiro atoms.